The van der Waals surface area contributed by atoms with Crippen LogP contribution < -0.4 is 10.2 Å². The number of esters is 1. The van der Waals surface area contributed by atoms with Gasteiger partial charge in [0.1, 0.15) is 11.4 Å². The van der Waals surface area contributed by atoms with Crippen LogP contribution in [0.2, 0.25) is 0 Å². The second kappa shape index (κ2) is 10.8. The van der Waals surface area contributed by atoms with Gasteiger partial charge in [-0.25, -0.2) is 4.98 Å². The number of pyridine rings is 1. The number of nitrogens with zero attached hydrogens (tertiary/aromatic N) is 3. The van der Waals surface area contributed by atoms with Crippen molar-refractivity contribution in [2.24, 2.45) is 11.3 Å². The molecule has 3 fully saturated rings. The molecule has 9 nitrogen and oxygen atoms in total. The van der Waals surface area contributed by atoms with Gasteiger partial charge in [0.25, 0.3) is 0 Å². The molecular formula is C28H40N4O5. The summed E-state index contributed by atoms with van der Waals surface area (Å²) < 4.78 is 5.61. The molecule has 3 aliphatic heterocycles. The monoisotopic (exact) mass is 512 g/mol. The quantitative estimate of drug-likeness (QED) is 0.477. The average molecular weight is 513 g/mol. The third-order valence-electron chi connectivity index (χ3n) is 7.93. The smallest absolute Gasteiger partial charge is 0.312 e. The predicted octanol–water partition coefficient (Wildman–Crippen LogP) is 3.18. The Hall–Kier alpha value is -2.97. The van der Waals surface area contributed by atoms with Crippen molar-refractivity contribution in [3.63, 3.8) is 0 Å². The van der Waals surface area contributed by atoms with Crippen molar-refractivity contribution < 1.29 is 23.9 Å². The number of imide groups is 1. The summed E-state index contributed by atoms with van der Waals surface area (Å²) in [5.74, 6) is 0.428. The topological polar surface area (TPSA) is 109 Å². The predicted molar refractivity (Wildman–Crippen MR) is 139 cm³/mol. The van der Waals surface area contributed by atoms with E-state index < -0.39 is 11.0 Å². The highest BCUT2D eigenvalue weighted by Gasteiger charge is 2.41. The van der Waals surface area contributed by atoms with E-state index in [0.29, 0.717) is 51.1 Å². The number of hydrogen-bond donors (Lipinski definition) is 1. The van der Waals surface area contributed by atoms with E-state index in [4.69, 9.17) is 4.74 Å². The lowest BCUT2D eigenvalue weighted by Crippen LogP contribution is -2.47. The minimum atomic E-state index is -0.532. The van der Waals surface area contributed by atoms with Gasteiger partial charge in [0, 0.05) is 45.2 Å². The Balaban J connectivity index is 1.22. The van der Waals surface area contributed by atoms with Gasteiger partial charge >= 0.3 is 5.97 Å². The van der Waals surface area contributed by atoms with Crippen molar-refractivity contribution in [3.05, 3.63) is 23.9 Å². The summed E-state index contributed by atoms with van der Waals surface area (Å²) in [5, 5.41) is 2.40. The van der Waals surface area contributed by atoms with Crippen molar-refractivity contribution in [3.8, 4) is 0 Å². The molecule has 4 heterocycles. The highest BCUT2D eigenvalue weighted by Crippen LogP contribution is 2.35. The number of likely N-dealkylation sites (tertiary alicyclic amines) is 1. The third-order valence-corrected chi connectivity index (χ3v) is 7.93. The summed E-state index contributed by atoms with van der Waals surface area (Å²) in [4.78, 5) is 57.9. The van der Waals surface area contributed by atoms with Gasteiger partial charge in [0.2, 0.25) is 17.7 Å². The van der Waals surface area contributed by atoms with Crippen LogP contribution in [0.1, 0.15) is 84.1 Å². The summed E-state index contributed by atoms with van der Waals surface area (Å²) in [6, 6.07) is 3.87. The third kappa shape index (κ3) is 6.67. The Morgan fingerprint density at radius 1 is 1.08 bits per heavy atom. The van der Waals surface area contributed by atoms with Gasteiger partial charge in [-0.2, -0.15) is 0 Å². The van der Waals surface area contributed by atoms with E-state index >= 15 is 0 Å². The number of carbonyl (C=O) groups is 4. The molecule has 37 heavy (non-hydrogen) atoms. The number of amides is 3. The lowest BCUT2D eigenvalue weighted by atomic mass is 9.80. The zero-order valence-corrected chi connectivity index (χ0v) is 22.5. The molecule has 0 bridgehead atoms. The summed E-state index contributed by atoms with van der Waals surface area (Å²) in [6.07, 6.45) is 6.26. The maximum atomic E-state index is 13.0. The van der Waals surface area contributed by atoms with Gasteiger partial charge in [-0.15, -0.1) is 0 Å². The lowest BCUT2D eigenvalue weighted by Gasteiger charge is -2.40. The maximum Gasteiger partial charge on any atom is 0.312 e. The van der Waals surface area contributed by atoms with E-state index in [1.807, 2.05) is 44.7 Å². The number of rotatable bonds is 5. The van der Waals surface area contributed by atoms with Gasteiger partial charge < -0.3 is 14.5 Å². The van der Waals surface area contributed by atoms with Crippen LogP contribution in [-0.4, -0.2) is 65.4 Å². The van der Waals surface area contributed by atoms with E-state index in [2.05, 4.69) is 15.2 Å². The van der Waals surface area contributed by atoms with Crippen molar-refractivity contribution in [2.75, 3.05) is 31.1 Å². The van der Waals surface area contributed by atoms with Gasteiger partial charge in [0.15, 0.2) is 0 Å². The zero-order valence-electron chi connectivity index (χ0n) is 22.5. The maximum absolute atomic E-state index is 13.0. The van der Waals surface area contributed by atoms with Crippen LogP contribution in [0.5, 0.6) is 0 Å². The van der Waals surface area contributed by atoms with Crippen molar-refractivity contribution in [1.29, 1.82) is 0 Å². The fraction of sp³-hybridized carbons (Fsp3) is 0.679. The summed E-state index contributed by atoms with van der Waals surface area (Å²) >= 11 is 0. The van der Waals surface area contributed by atoms with Gasteiger partial charge in [0.05, 0.1) is 11.3 Å². The molecule has 0 radical (unpaired) electrons. The van der Waals surface area contributed by atoms with E-state index in [0.717, 1.165) is 37.3 Å². The first-order valence-electron chi connectivity index (χ1n) is 13.5. The minimum absolute atomic E-state index is 0.168. The first-order chi connectivity index (χ1) is 17.4. The molecule has 0 aliphatic carbocycles. The summed E-state index contributed by atoms with van der Waals surface area (Å²) in [6.45, 7) is 10.4. The van der Waals surface area contributed by atoms with Crippen molar-refractivity contribution >= 4 is 29.5 Å². The fourth-order valence-electron chi connectivity index (χ4n) is 5.40. The van der Waals surface area contributed by atoms with E-state index in [1.54, 1.807) is 6.20 Å². The van der Waals surface area contributed by atoms with Crippen LogP contribution >= 0.6 is 0 Å². The Kier molecular flexibility index (Phi) is 7.90. The van der Waals surface area contributed by atoms with Crippen LogP contribution in [0, 0.1) is 11.3 Å². The molecular weight excluding hydrogens is 472 g/mol. The molecule has 202 valence electrons. The Bertz CT molecular complexity index is 1020. The normalized spacial score (nSPS) is 23.0. The molecule has 1 N–H and O–H groups in total. The number of anilines is 1. The Morgan fingerprint density at radius 2 is 1.76 bits per heavy atom. The summed E-state index contributed by atoms with van der Waals surface area (Å²) in [7, 11) is 0. The molecule has 1 unspecified atom stereocenters. The Labute approximate surface area is 219 Å². The van der Waals surface area contributed by atoms with E-state index in [1.165, 1.54) is 0 Å². The second-order valence-electron chi connectivity index (χ2n) is 12.0. The standard InChI is InChI=1S/C28H40N4O5/c1-27(2,3)37-26(36)28(4)11-15-32(16-12-28)24(34)17-19-9-13-31(14-10-19)22-7-5-20(18-29-22)21-6-8-23(33)30-25(21)35/h5,7,18-19,21H,6,8-17H2,1-4H3,(H,30,33,35). The molecule has 3 amide bonds. The fourth-order valence-corrected chi connectivity index (χ4v) is 5.40. The number of piperidine rings is 3. The van der Waals surface area contributed by atoms with Gasteiger partial charge in [-0.1, -0.05) is 6.07 Å². The largest absolute Gasteiger partial charge is 0.460 e. The molecule has 3 saturated heterocycles. The number of carbonyl (C=O) groups excluding carboxylic acids is 4. The van der Waals surface area contributed by atoms with Crippen LogP contribution in [0.15, 0.2) is 18.3 Å². The summed E-state index contributed by atoms with van der Waals surface area (Å²) in [5.41, 5.74) is -0.207. The first-order valence-corrected chi connectivity index (χ1v) is 13.5. The molecule has 1 aromatic heterocycles. The first kappa shape index (κ1) is 27.1. The highest BCUT2D eigenvalue weighted by molar-refractivity contribution is 6.00. The molecule has 1 atom stereocenters. The molecule has 0 saturated carbocycles. The van der Waals surface area contributed by atoms with Crippen molar-refractivity contribution in [2.45, 2.75) is 84.2 Å². The Morgan fingerprint density at radius 3 is 2.32 bits per heavy atom. The van der Waals surface area contributed by atoms with Crippen LogP contribution in [0.3, 0.4) is 0 Å². The van der Waals surface area contributed by atoms with Crippen LogP contribution in [0.25, 0.3) is 0 Å². The number of hydrogen-bond acceptors (Lipinski definition) is 7. The zero-order chi connectivity index (χ0) is 26.8. The minimum Gasteiger partial charge on any atom is -0.460 e. The SMILES string of the molecule is CC(C)(C)OC(=O)C1(C)CCN(C(=O)CC2CCN(c3ccc(C4CCC(=O)NC4=O)cn3)CC2)CC1. The molecule has 3 aliphatic rings. The second-order valence-corrected chi connectivity index (χ2v) is 12.0. The van der Waals surface area contributed by atoms with Gasteiger partial charge in [-0.3, -0.25) is 24.5 Å². The molecule has 0 aromatic carbocycles. The highest BCUT2D eigenvalue weighted by atomic mass is 16.6. The number of aromatic nitrogens is 1. The van der Waals surface area contributed by atoms with Gasteiger partial charge in [-0.05, 0) is 77.3 Å². The molecule has 1 aromatic rings. The molecule has 4 rings (SSSR count). The van der Waals surface area contributed by atoms with Crippen LogP contribution in [0.4, 0.5) is 5.82 Å². The molecule has 0 spiro atoms. The van der Waals surface area contributed by atoms with Crippen LogP contribution in [-0.2, 0) is 23.9 Å². The average Bonchev–Trinajstić information content (AvgIpc) is 2.84. The molecule has 9 heteroatoms. The number of nitrogens with one attached hydrogen (secondary N) is 1. The van der Waals surface area contributed by atoms with E-state index in [9.17, 15) is 19.2 Å². The lowest BCUT2D eigenvalue weighted by molar-refractivity contribution is -0.170. The van der Waals surface area contributed by atoms with E-state index in [-0.39, 0.29) is 29.6 Å². The van der Waals surface area contributed by atoms with Crippen molar-refractivity contribution in [1.82, 2.24) is 15.2 Å². The number of ether oxygens (including phenoxy) is 1.